The molecule has 1 saturated heterocycles. The number of nitrogens with one attached hydrogen (secondary N) is 1. The highest BCUT2D eigenvalue weighted by atomic mass is 35.5. The molecule has 1 N–H and O–H groups in total. The molecule has 1 heterocycles. The predicted octanol–water partition coefficient (Wildman–Crippen LogP) is 4.81. The Bertz CT molecular complexity index is 1080. The molecule has 1 fully saturated rings. The number of hydrogen-bond acceptors (Lipinski definition) is 4. The minimum atomic E-state index is -4.72. The number of carbonyl (C=O) groups excluding carboxylic acids is 3. The predicted molar refractivity (Wildman–Crippen MR) is 108 cm³/mol. The van der Waals surface area contributed by atoms with Gasteiger partial charge in [0.25, 0.3) is 11.8 Å². The Kier molecular flexibility index (Phi) is 6.35. The van der Waals surface area contributed by atoms with Crippen molar-refractivity contribution in [2.24, 2.45) is 0 Å². The Labute approximate surface area is 180 Å². The quantitative estimate of drug-likeness (QED) is 0.521. The summed E-state index contributed by atoms with van der Waals surface area (Å²) < 4.78 is 44.8. The van der Waals surface area contributed by atoms with E-state index in [-0.39, 0.29) is 5.02 Å². The number of hydrogen-bond donors (Lipinski definition) is 1. The van der Waals surface area contributed by atoms with Gasteiger partial charge in [-0.05, 0) is 48.4 Å². The number of barbiturate groups is 1. The lowest BCUT2D eigenvalue weighted by Crippen LogP contribution is -2.54. The summed E-state index contributed by atoms with van der Waals surface area (Å²) in [7, 11) is 0. The molecule has 162 valence electrons. The fourth-order valence-electron chi connectivity index (χ4n) is 2.82. The normalized spacial score (nSPS) is 16.0. The summed E-state index contributed by atoms with van der Waals surface area (Å²) in [6.45, 7) is 2.40. The number of benzene rings is 2. The number of urea groups is 1. The van der Waals surface area contributed by atoms with Crippen LogP contribution in [-0.4, -0.2) is 24.5 Å². The van der Waals surface area contributed by atoms with Crippen molar-refractivity contribution >= 4 is 41.2 Å². The molecule has 10 heteroatoms. The van der Waals surface area contributed by atoms with Crippen LogP contribution in [0.5, 0.6) is 5.75 Å². The van der Waals surface area contributed by atoms with E-state index in [0.29, 0.717) is 28.9 Å². The van der Waals surface area contributed by atoms with E-state index in [0.717, 1.165) is 18.6 Å². The molecule has 31 heavy (non-hydrogen) atoms. The maximum absolute atomic E-state index is 13.1. The molecule has 1 aliphatic heterocycles. The standard InChI is InChI=1S/C21H16ClF3N2O4/c1-2-8-31-14-5-3-4-12(9-14)10-15-18(28)26-20(30)27(19(15)29)17-11-13(21(23,24)25)6-7-16(17)22/h3-7,9-11H,2,8H2,1H3,(H,26,28,30)/b15-10+. The van der Waals surface area contributed by atoms with Crippen molar-refractivity contribution in [3.8, 4) is 5.75 Å². The molecule has 2 aromatic carbocycles. The monoisotopic (exact) mass is 452 g/mol. The highest BCUT2D eigenvalue weighted by molar-refractivity contribution is 6.42. The van der Waals surface area contributed by atoms with Crippen LogP contribution in [0.25, 0.3) is 6.08 Å². The summed E-state index contributed by atoms with van der Waals surface area (Å²) in [5, 5.41) is 1.69. The minimum Gasteiger partial charge on any atom is -0.494 e. The fourth-order valence-corrected chi connectivity index (χ4v) is 3.02. The summed E-state index contributed by atoms with van der Waals surface area (Å²) in [6, 6.07) is 7.55. The van der Waals surface area contributed by atoms with Crippen LogP contribution in [0.15, 0.2) is 48.0 Å². The first kappa shape index (κ1) is 22.4. The molecule has 4 amide bonds. The van der Waals surface area contributed by atoms with Gasteiger partial charge in [-0.1, -0.05) is 30.7 Å². The zero-order chi connectivity index (χ0) is 22.8. The molecule has 0 bridgehead atoms. The van der Waals surface area contributed by atoms with E-state index in [1.165, 1.54) is 6.08 Å². The Balaban J connectivity index is 2.01. The van der Waals surface area contributed by atoms with Gasteiger partial charge in [0.05, 0.1) is 22.9 Å². The Morgan fingerprint density at radius 3 is 2.55 bits per heavy atom. The first-order valence-electron chi connectivity index (χ1n) is 9.13. The molecule has 0 atom stereocenters. The van der Waals surface area contributed by atoms with Gasteiger partial charge < -0.3 is 4.74 Å². The number of ether oxygens (including phenoxy) is 1. The Morgan fingerprint density at radius 2 is 1.87 bits per heavy atom. The molecule has 6 nitrogen and oxygen atoms in total. The Morgan fingerprint density at radius 1 is 1.13 bits per heavy atom. The van der Waals surface area contributed by atoms with Crippen molar-refractivity contribution in [3.63, 3.8) is 0 Å². The second-order valence-corrected chi connectivity index (χ2v) is 6.95. The zero-order valence-electron chi connectivity index (χ0n) is 16.1. The third-order valence-electron chi connectivity index (χ3n) is 4.26. The molecule has 0 saturated carbocycles. The maximum atomic E-state index is 13.1. The number of imide groups is 2. The van der Waals surface area contributed by atoms with Crippen LogP contribution in [0.3, 0.4) is 0 Å². The van der Waals surface area contributed by atoms with Gasteiger partial charge in [0.2, 0.25) is 0 Å². The zero-order valence-corrected chi connectivity index (χ0v) is 16.9. The topological polar surface area (TPSA) is 75.7 Å². The van der Waals surface area contributed by atoms with Gasteiger partial charge in [0.15, 0.2) is 0 Å². The minimum absolute atomic E-state index is 0.264. The second-order valence-electron chi connectivity index (χ2n) is 6.54. The number of anilines is 1. The van der Waals surface area contributed by atoms with Gasteiger partial charge in [-0.3, -0.25) is 14.9 Å². The van der Waals surface area contributed by atoms with Crippen molar-refractivity contribution in [3.05, 3.63) is 64.2 Å². The van der Waals surface area contributed by atoms with Crippen LogP contribution >= 0.6 is 11.6 Å². The number of halogens is 4. The molecule has 1 aliphatic rings. The van der Waals surface area contributed by atoms with Crippen LogP contribution < -0.4 is 15.0 Å². The first-order chi connectivity index (χ1) is 14.6. The average Bonchev–Trinajstić information content (AvgIpc) is 2.70. The van der Waals surface area contributed by atoms with E-state index < -0.39 is 40.8 Å². The van der Waals surface area contributed by atoms with Crippen molar-refractivity contribution < 1.29 is 32.3 Å². The largest absolute Gasteiger partial charge is 0.494 e. The summed E-state index contributed by atoms with van der Waals surface area (Å²) in [5.41, 5.74) is -1.61. The maximum Gasteiger partial charge on any atom is 0.416 e. The summed E-state index contributed by atoms with van der Waals surface area (Å²) >= 11 is 5.96. The van der Waals surface area contributed by atoms with Crippen molar-refractivity contribution in [2.75, 3.05) is 11.5 Å². The van der Waals surface area contributed by atoms with Crippen molar-refractivity contribution in [1.29, 1.82) is 0 Å². The van der Waals surface area contributed by atoms with Gasteiger partial charge in [0.1, 0.15) is 11.3 Å². The van der Waals surface area contributed by atoms with Gasteiger partial charge >= 0.3 is 12.2 Å². The Hall–Kier alpha value is -3.33. The highest BCUT2D eigenvalue weighted by Crippen LogP contribution is 2.36. The number of alkyl halides is 3. The lowest BCUT2D eigenvalue weighted by atomic mass is 10.1. The number of carbonyl (C=O) groups is 3. The first-order valence-corrected chi connectivity index (χ1v) is 9.50. The lowest BCUT2D eigenvalue weighted by molar-refractivity contribution is -0.137. The van der Waals surface area contributed by atoms with Crippen molar-refractivity contribution in [2.45, 2.75) is 19.5 Å². The van der Waals surface area contributed by atoms with Gasteiger partial charge in [-0.2, -0.15) is 13.2 Å². The number of rotatable bonds is 5. The average molecular weight is 453 g/mol. The number of amides is 4. The van der Waals surface area contributed by atoms with Crippen LogP contribution in [-0.2, 0) is 15.8 Å². The van der Waals surface area contributed by atoms with E-state index >= 15 is 0 Å². The molecule has 2 aromatic rings. The number of nitrogens with zero attached hydrogens (tertiary/aromatic N) is 1. The molecule has 0 unspecified atom stereocenters. The summed E-state index contributed by atoms with van der Waals surface area (Å²) in [6.07, 6.45) is -2.72. The second kappa shape index (κ2) is 8.81. The van der Waals surface area contributed by atoms with E-state index in [4.69, 9.17) is 16.3 Å². The van der Waals surface area contributed by atoms with Crippen molar-refractivity contribution in [1.82, 2.24) is 5.32 Å². The molecule has 3 rings (SSSR count). The van der Waals surface area contributed by atoms with E-state index in [9.17, 15) is 27.6 Å². The van der Waals surface area contributed by atoms with E-state index in [1.54, 1.807) is 24.3 Å². The molecule has 0 aromatic heterocycles. The van der Waals surface area contributed by atoms with Gasteiger partial charge in [0, 0.05) is 0 Å². The molecule has 0 aliphatic carbocycles. The summed E-state index contributed by atoms with van der Waals surface area (Å²) in [4.78, 5) is 37.9. The van der Waals surface area contributed by atoms with Crippen LogP contribution in [0, 0.1) is 0 Å². The molecular formula is C21H16ClF3N2O4. The van der Waals surface area contributed by atoms with Gasteiger partial charge in [-0.15, -0.1) is 0 Å². The van der Waals surface area contributed by atoms with Crippen LogP contribution in [0.4, 0.5) is 23.7 Å². The van der Waals surface area contributed by atoms with E-state index in [2.05, 4.69) is 0 Å². The smallest absolute Gasteiger partial charge is 0.416 e. The molecule has 0 radical (unpaired) electrons. The van der Waals surface area contributed by atoms with E-state index in [1.807, 2.05) is 12.2 Å². The molecular weight excluding hydrogens is 437 g/mol. The lowest BCUT2D eigenvalue weighted by Gasteiger charge is -2.27. The van der Waals surface area contributed by atoms with Gasteiger partial charge in [-0.25, -0.2) is 9.69 Å². The highest BCUT2D eigenvalue weighted by Gasteiger charge is 2.39. The van der Waals surface area contributed by atoms with Crippen LogP contribution in [0.2, 0.25) is 5.02 Å². The summed E-state index contributed by atoms with van der Waals surface area (Å²) in [5.74, 6) is -1.57. The third-order valence-corrected chi connectivity index (χ3v) is 4.58. The fraction of sp³-hybridized carbons (Fsp3) is 0.190. The third kappa shape index (κ3) is 4.88. The molecule has 0 spiro atoms. The van der Waals surface area contributed by atoms with Crippen LogP contribution in [0.1, 0.15) is 24.5 Å². The SMILES string of the molecule is CCCOc1cccc(/C=C2\C(=O)NC(=O)N(c3cc(C(F)(F)F)ccc3Cl)C2=O)c1.